The molecule has 25 heavy (non-hydrogen) atoms. The van der Waals surface area contributed by atoms with E-state index in [4.69, 9.17) is 4.74 Å². The number of hydrogen-bond acceptors (Lipinski definition) is 8. The molecular formula is C14H16N4O4S3. The topological polar surface area (TPSA) is 101 Å². The number of ether oxygens (including phenoxy) is 1. The molecule has 1 atom stereocenters. The van der Waals surface area contributed by atoms with Crippen LogP contribution in [0.15, 0.2) is 28.6 Å². The zero-order chi connectivity index (χ0) is 18.0. The number of carbonyl (C=O) groups excluding carboxylic acids is 1. The summed E-state index contributed by atoms with van der Waals surface area (Å²) >= 11 is 2.79. The second kappa shape index (κ2) is 7.18. The predicted octanol–water partition coefficient (Wildman–Crippen LogP) is 1.82. The number of benzene rings is 1. The Morgan fingerprint density at radius 2 is 2.20 bits per heavy atom. The summed E-state index contributed by atoms with van der Waals surface area (Å²) in [4.78, 5) is 12.5. The van der Waals surface area contributed by atoms with Gasteiger partial charge in [0.1, 0.15) is 5.75 Å². The van der Waals surface area contributed by atoms with Gasteiger partial charge in [-0.05, 0) is 17.9 Å². The number of carbonyl (C=O) groups is 1. The number of para-hydroxylation sites is 2. The van der Waals surface area contributed by atoms with Crippen molar-refractivity contribution in [2.45, 2.75) is 17.4 Å². The molecule has 1 aliphatic rings. The van der Waals surface area contributed by atoms with Gasteiger partial charge < -0.3 is 4.74 Å². The number of nitrogens with one attached hydrogen (secondary N) is 1. The molecule has 1 aliphatic heterocycles. The van der Waals surface area contributed by atoms with Crippen LogP contribution in [-0.2, 0) is 14.8 Å². The zero-order valence-electron chi connectivity index (χ0n) is 13.5. The van der Waals surface area contributed by atoms with Crippen molar-refractivity contribution < 1.29 is 17.9 Å². The van der Waals surface area contributed by atoms with Crippen LogP contribution in [-0.4, -0.2) is 49.2 Å². The van der Waals surface area contributed by atoms with Crippen molar-refractivity contribution in [3.05, 3.63) is 24.3 Å². The van der Waals surface area contributed by atoms with Crippen LogP contribution < -0.4 is 14.4 Å². The zero-order valence-corrected chi connectivity index (χ0v) is 15.9. The van der Waals surface area contributed by atoms with Gasteiger partial charge in [0.25, 0.3) is 5.91 Å². The minimum atomic E-state index is -3.54. The molecule has 1 aromatic carbocycles. The molecular weight excluding hydrogens is 384 g/mol. The van der Waals surface area contributed by atoms with Gasteiger partial charge in [0, 0.05) is 0 Å². The quantitative estimate of drug-likeness (QED) is 0.603. The monoisotopic (exact) mass is 400 g/mol. The Balaban J connectivity index is 1.79. The lowest BCUT2D eigenvalue weighted by molar-refractivity contribution is -0.122. The third kappa shape index (κ3) is 4.05. The van der Waals surface area contributed by atoms with Gasteiger partial charge >= 0.3 is 0 Å². The minimum absolute atomic E-state index is 0.100. The van der Waals surface area contributed by atoms with Gasteiger partial charge in [-0.15, -0.1) is 10.2 Å². The number of aromatic nitrogens is 2. The summed E-state index contributed by atoms with van der Waals surface area (Å²) in [6.45, 7) is 1.90. The van der Waals surface area contributed by atoms with Gasteiger partial charge in [-0.2, -0.15) is 0 Å². The van der Waals surface area contributed by atoms with Gasteiger partial charge in [0.2, 0.25) is 15.2 Å². The fourth-order valence-electron chi connectivity index (χ4n) is 2.28. The summed E-state index contributed by atoms with van der Waals surface area (Å²) in [6.07, 6.45) is 0.124. The maximum atomic E-state index is 12.5. The smallest absolute Gasteiger partial charge is 0.269 e. The highest BCUT2D eigenvalue weighted by atomic mass is 32.2. The van der Waals surface area contributed by atoms with Crippen molar-refractivity contribution in [1.82, 2.24) is 10.2 Å². The molecule has 0 bridgehead atoms. The normalized spacial score (nSPS) is 16.9. The molecule has 3 rings (SSSR count). The van der Waals surface area contributed by atoms with Gasteiger partial charge in [0.05, 0.1) is 18.5 Å². The van der Waals surface area contributed by atoms with Crippen LogP contribution in [0.1, 0.15) is 6.92 Å². The second-order valence-electron chi connectivity index (χ2n) is 5.16. The van der Waals surface area contributed by atoms with Crippen molar-refractivity contribution in [3.8, 4) is 5.75 Å². The van der Waals surface area contributed by atoms with Crippen LogP contribution in [0, 0.1) is 0 Å². The van der Waals surface area contributed by atoms with E-state index in [-0.39, 0.29) is 6.54 Å². The summed E-state index contributed by atoms with van der Waals surface area (Å²) in [6, 6.07) is 6.71. The summed E-state index contributed by atoms with van der Waals surface area (Å²) in [5.74, 6) is 0.736. The van der Waals surface area contributed by atoms with E-state index in [0.717, 1.165) is 16.3 Å². The third-order valence-electron chi connectivity index (χ3n) is 3.33. The number of hydrogen-bond donors (Lipinski definition) is 1. The molecule has 2 heterocycles. The van der Waals surface area contributed by atoms with Crippen LogP contribution in [0.2, 0.25) is 0 Å². The Hall–Kier alpha value is -1.85. The van der Waals surface area contributed by atoms with E-state index in [1.165, 1.54) is 27.4 Å². The molecule has 0 unspecified atom stereocenters. The van der Waals surface area contributed by atoms with Crippen molar-refractivity contribution in [2.24, 2.45) is 0 Å². The molecule has 1 amide bonds. The Morgan fingerprint density at radius 3 is 2.92 bits per heavy atom. The van der Waals surface area contributed by atoms with Crippen LogP contribution in [0.4, 0.5) is 10.8 Å². The van der Waals surface area contributed by atoms with Crippen LogP contribution in [0.3, 0.4) is 0 Å². The molecule has 134 valence electrons. The molecule has 8 nitrogen and oxygen atoms in total. The van der Waals surface area contributed by atoms with Crippen molar-refractivity contribution in [1.29, 1.82) is 0 Å². The lowest BCUT2D eigenvalue weighted by Gasteiger charge is -2.33. The van der Waals surface area contributed by atoms with Crippen molar-refractivity contribution in [2.75, 3.05) is 28.2 Å². The fourth-order valence-corrected chi connectivity index (χ4v) is 4.85. The number of amides is 1. The molecule has 0 fully saturated rings. The number of fused-ring (bicyclic) bond motifs is 1. The van der Waals surface area contributed by atoms with E-state index in [9.17, 15) is 13.2 Å². The van der Waals surface area contributed by atoms with Crippen molar-refractivity contribution >= 4 is 49.8 Å². The Morgan fingerprint density at radius 1 is 1.44 bits per heavy atom. The first kappa shape index (κ1) is 18.0. The molecule has 11 heteroatoms. The van der Waals surface area contributed by atoms with Gasteiger partial charge in [0.15, 0.2) is 10.4 Å². The maximum absolute atomic E-state index is 12.5. The second-order valence-corrected chi connectivity index (χ2v) is 9.56. The number of anilines is 2. The Labute approximate surface area is 153 Å². The molecule has 2 aromatic rings. The highest BCUT2D eigenvalue weighted by Gasteiger charge is 2.35. The third-order valence-corrected chi connectivity index (χ3v) is 6.33. The molecule has 0 radical (unpaired) electrons. The Bertz CT molecular complexity index is 884. The van der Waals surface area contributed by atoms with E-state index in [0.29, 0.717) is 16.6 Å². The van der Waals surface area contributed by atoms with Crippen LogP contribution in [0.25, 0.3) is 0 Å². The summed E-state index contributed by atoms with van der Waals surface area (Å²) in [5.41, 5.74) is 0.423. The largest absolute Gasteiger partial charge is 0.476 e. The lowest BCUT2D eigenvalue weighted by Crippen LogP contribution is -2.48. The highest BCUT2D eigenvalue weighted by Crippen LogP contribution is 2.35. The van der Waals surface area contributed by atoms with E-state index in [1.807, 2.05) is 6.92 Å². The standard InChI is InChI=1S/C14H16N4O4S3/c1-3-23-14-17-16-13(24-14)15-12(19)11-8-18(25(2,20)21)9-6-4-5-7-10(9)22-11/h4-7,11H,3,8H2,1-2H3,(H,15,16,19)/t11-/m1/s1. The first-order valence-electron chi connectivity index (χ1n) is 7.39. The molecule has 0 saturated carbocycles. The maximum Gasteiger partial charge on any atom is 0.269 e. The SMILES string of the molecule is CCSc1nnc(NC(=O)[C@H]2CN(S(C)(=O)=O)c3ccccc3O2)s1. The summed E-state index contributed by atoms with van der Waals surface area (Å²) in [7, 11) is -3.54. The molecule has 1 N–H and O–H groups in total. The average Bonchev–Trinajstić information content (AvgIpc) is 3.00. The van der Waals surface area contributed by atoms with Gasteiger partial charge in [-0.1, -0.05) is 42.2 Å². The number of nitrogens with zero attached hydrogens (tertiary/aromatic N) is 3. The summed E-state index contributed by atoms with van der Waals surface area (Å²) in [5, 5.41) is 10.9. The molecule has 1 aromatic heterocycles. The molecule has 0 aliphatic carbocycles. The molecule has 0 saturated heterocycles. The van der Waals surface area contributed by atoms with E-state index >= 15 is 0 Å². The molecule has 0 spiro atoms. The van der Waals surface area contributed by atoms with Gasteiger partial charge in [-0.25, -0.2) is 8.42 Å². The van der Waals surface area contributed by atoms with Crippen LogP contribution in [0.5, 0.6) is 5.75 Å². The Kier molecular flexibility index (Phi) is 5.16. The van der Waals surface area contributed by atoms with E-state index in [1.54, 1.807) is 24.3 Å². The fraction of sp³-hybridized carbons (Fsp3) is 0.357. The number of thioether (sulfide) groups is 1. The first-order chi connectivity index (χ1) is 11.9. The first-order valence-corrected chi connectivity index (χ1v) is 11.0. The predicted molar refractivity (Wildman–Crippen MR) is 98.0 cm³/mol. The van der Waals surface area contributed by atoms with Crippen LogP contribution >= 0.6 is 23.1 Å². The van der Waals surface area contributed by atoms with E-state index in [2.05, 4.69) is 15.5 Å². The van der Waals surface area contributed by atoms with Crippen molar-refractivity contribution in [3.63, 3.8) is 0 Å². The lowest BCUT2D eigenvalue weighted by atomic mass is 10.2. The number of rotatable bonds is 5. The summed E-state index contributed by atoms with van der Waals surface area (Å²) < 4.78 is 31.7. The average molecular weight is 401 g/mol. The number of sulfonamides is 1. The van der Waals surface area contributed by atoms with Gasteiger partial charge in [-0.3, -0.25) is 14.4 Å². The van der Waals surface area contributed by atoms with E-state index < -0.39 is 22.0 Å². The highest BCUT2D eigenvalue weighted by molar-refractivity contribution is 8.01. The minimum Gasteiger partial charge on any atom is -0.476 e.